The average molecular weight is 313 g/mol. The molecule has 3 aromatic rings. The van der Waals surface area contributed by atoms with Crippen molar-refractivity contribution < 1.29 is 9.31 Å². The van der Waals surface area contributed by atoms with Crippen molar-refractivity contribution in [3.8, 4) is 0 Å². The number of nitro groups is 1. The van der Waals surface area contributed by atoms with Gasteiger partial charge in [0.05, 0.1) is 0 Å². The monoisotopic (exact) mass is 313 g/mol. The molecule has 4 rings (SSSR count). The fraction of sp³-hybridized carbons (Fsp3) is 0.200. The highest BCUT2D eigenvalue weighted by atomic mass is 19.1. The van der Waals surface area contributed by atoms with E-state index in [2.05, 4.69) is 15.4 Å². The van der Waals surface area contributed by atoms with E-state index in [-0.39, 0.29) is 23.6 Å². The van der Waals surface area contributed by atoms with Gasteiger partial charge in [0.2, 0.25) is 5.65 Å². The molecule has 0 spiro atoms. The molecule has 116 valence electrons. The molecule has 7 nitrogen and oxygen atoms in total. The van der Waals surface area contributed by atoms with Gasteiger partial charge in [0.1, 0.15) is 12.0 Å². The largest absolute Gasteiger partial charge is 0.368 e. The summed E-state index contributed by atoms with van der Waals surface area (Å²) in [5, 5.41) is 18.4. The average Bonchev–Trinajstić information content (AvgIpc) is 3.15. The summed E-state index contributed by atoms with van der Waals surface area (Å²) in [4.78, 5) is 14.4. The second kappa shape index (κ2) is 5.01. The quantitative estimate of drug-likeness (QED) is 0.591. The molecule has 2 aromatic heterocycles. The van der Waals surface area contributed by atoms with E-state index in [0.29, 0.717) is 11.5 Å². The molecule has 1 aliphatic carbocycles. The van der Waals surface area contributed by atoms with Crippen LogP contribution in [0.25, 0.3) is 5.65 Å². The maximum Gasteiger partial charge on any atom is 0.368 e. The number of rotatable bonds is 4. The lowest BCUT2D eigenvalue weighted by Gasteiger charge is -2.04. The summed E-state index contributed by atoms with van der Waals surface area (Å²) in [5.74, 6) is 0.325. The van der Waals surface area contributed by atoms with Gasteiger partial charge in [-0.3, -0.25) is 0 Å². The van der Waals surface area contributed by atoms with E-state index in [4.69, 9.17) is 0 Å². The summed E-state index contributed by atoms with van der Waals surface area (Å²) in [6.45, 7) is 0. The van der Waals surface area contributed by atoms with E-state index in [0.717, 1.165) is 12.0 Å². The van der Waals surface area contributed by atoms with Crippen LogP contribution < -0.4 is 5.32 Å². The van der Waals surface area contributed by atoms with Crippen LogP contribution >= 0.6 is 0 Å². The molecular weight excluding hydrogens is 301 g/mol. The van der Waals surface area contributed by atoms with Crippen LogP contribution in [0.5, 0.6) is 0 Å². The Hall–Kier alpha value is -3.03. The van der Waals surface area contributed by atoms with Crippen LogP contribution in [0.3, 0.4) is 0 Å². The topological polar surface area (TPSA) is 85.4 Å². The fourth-order valence-corrected chi connectivity index (χ4v) is 2.71. The van der Waals surface area contributed by atoms with Gasteiger partial charge < -0.3 is 15.4 Å². The maximum atomic E-state index is 13.3. The molecule has 0 radical (unpaired) electrons. The van der Waals surface area contributed by atoms with Crippen LogP contribution in [-0.4, -0.2) is 25.6 Å². The van der Waals surface area contributed by atoms with Gasteiger partial charge in [0.25, 0.3) is 0 Å². The zero-order valence-electron chi connectivity index (χ0n) is 11.9. The molecule has 0 aliphatic heterocycles. The lowest BCUT2D eigenvalue weighted by molar-refractivity contribution is -0.391. The minimum absolute atomic E-state index is 0.143. The number of anilines is 1. The van der Waals surface area contributed by atoms with Crippen molar-refractivity contribution in [2.24, 2.45) is 0 Å². The maximum absolute atomic E-state index is 13.3. The summed E-state index contributed by atoms with van der Waals surface area (Å²) >= 11 is 0. The molecule has 0 saturated heterocycles. The van der Waals surface area contributed by atoms with E-state index in [9.17, 15) is 14.5 Å². The van der Waals surface area contributed by atoms with Gasteiger partial charge in [-0.05, 0) is 35.1 Å². The number of halogens is 1. The minimum Gasteiger partial charge on any atom is -0.364 e. The smallest absolute Gasteiger partial charge is 0.364 e. The van der Waals surface area contributed by atoms with Gasteiger partial charge in [0.15, 0.2) is 5.82 Å². The van der Waals surface area contributed by atoms with Gasteiger partial charge in [-0.1, -0.05) is 21.7 Å². The number of fused-ring (bicyclic) bond motifs is 1. The van der Waals surface area contributed by atoms with Crippen molar-refractivity contribution in [3.63, 3.8) is 0 Å². The third-order valence-electron chi connectivity index (χ3n) is 3.93. The molecule has 0 amide bonds. The lowest BCUT2D eigenvalue weighted by Crippen LogP contribution is -2.08. The van der Waals surface area contributed by atoms with Crippen LogP contribution in [0, 0.1) is 15.9 Å². The van der Waals surface area contributed by atoms with Crippen LogP contribution in [-0.2, 0) is 0 Å². The van der Waals surface area contributed by atoms with Crippen molar-refractivity contribution in [3.05, 3.63) is 64.1 Å². The Bertz CT molecular complexity index is 910. The molecular formula is C15H12FN5O2. The van der Waals surface area contributed by atoms with Gasteiger partial charge in [-0.25, -0.2) is 9.37 Å². The van der Waals surface area contributed by atoms with Crippen molar-refractivity contribution in [2.45, 2.75) is 18.4 Å². The Labute approximate surface area is 129 Å². The Kier molecular flexibility index (Phi) is 2.97. The third kappa shape index (κ3) is 2.48. The number of nitrogens with one attached hydrogen (secondary N) is 1. The van der Waals surface area contributed by atoms with Crippen molar-refractivity contribution in [2.75, 3.05) is 5.32 Å². The summed E-state index contributed by atoms with van der Waals surface area (Å²) in [7, 11) is 0. The molecule has 0 bridgehead atoms. The van der Waals surface area contributed by atoms with Gasteiger partial charge in [-0.15, -0.1) is 0 Å². The molecule has 2 heterocycles. The SMILES string of the molecule is O=[N+]([O-])c1cnc2ccc(N[C@@H]3C[C@H]3c3cccc(F)c3)nn12. The Balaban J connectivity index is 1.55. The predicted molar refractivity (Wildman–Crippen MR) is 80.8 cm³/mol. The summed E-state index contributed by atoms with van der Waals surface area (Å²) < 4.78 is 14.5. The highest BCUT2D eigenvalue weighted by Gasteiger charge is 2.39. The summed E-state index contributed by atoms with van der Waals surface area (Å²) in [5.41, 5.74) is 1.36. The minimum atomic E-state index is -0.524. The first-order valence-corrected chi connectivity index (χ1v) is 7.13. The molecule has 23 heavy (non-hydrogen) atoms. The van der Waals surface area contributed by atoms with Crippen LogP contribution in [0.4, 0.5) is 16.0 Å². The second-order valence-electron chi connectivity index (χ2n) is 5.51. The summed E-state index contributed by atoms with van der Waals surface area (Å²) in [6, 6.07) is 10.1. The molecule has 1 aliphatic rings. The van der Waals surface area contributed by atoms with Crippen LogP contribution in [0.1, 0.15) is 17.9 Å². The molecule has 2 atom stereocenters. The van der Waals surface area contributed by atoms with Gasteiger partial charge in [0, 0.05) is 18.0 Å². The first-order valence-electron chi connectivity index (χ1n) is 7.13. The zero-order chi connectivity index (χ0) is 16.0. The molecule has 1 N–H and O–H groups in total. The van der Waals surface area contributed by atoms with E-state index in [1.807, 2.05) is 6.07 Å². The van der Waals surface area contributed by atoms with E-state index < -0.39 is 4.92 Å². The lowest BCUT2D eigenvalue weighted by atomic mass is 10.1. The van der Waals surface area contributed by atoms with Crippen molar-refractivity contribution in [1.82, 2.24) is 14.6 Å². The normalized spacial score (nSPS) is 19.7. The van der Waals surface area contributed by atoms with Gasteiger partial charge in [-0.2, -0.15) is 0 Å². The second-order valence-corrected chi connectivity index (χ2v) is 5.51. The molecule has 8 heteroatoms. The Morgan fingerprint density at radius 2 is 2.22 bits per heavy atom. The third-order valence-corrected chi connectivity index (χ3v) is 3.93. The number of nitrogens with zero attached hydrogens (tertiary/aromatic N) is 4. The Morgan fingerprint density at radius 1 is 1.35 bits per heavy atom. The van der Waals surface area contributed by atoms with Gasteiger partial charge >= 0.3 is 5.82 Å². The fourth-order valence-electron chi connectivity index (χ4n) is 2.71. The van der Waals surface area contributed by atoms with E-state index >= 15 is 0 Å². The first-order chi connectivity index (χ1) is 11.1. The standard InChI is InChI=1S/C15H12FN5O2/c16-10-3-1-2-9(6-10)11-7-12(11)18-13-4-5-14-17-8-15(21(22)23)20(14)19-13/h1-6,8,11-12H,7H2,(H,18,19)/t11-,12+/m0/s1. The van der Waals surface area contributed by atoms with E-state index in [1.54, 1.807) is 18.2 Å². The number of imidazole rings is 1. The number of hydrogen-bond acceptors (Lipinski definition) is 5. The molecule has 1 aromatic carbocycles. The van der Waals surface area contributed by atoms with E-state index in [1.165, 1.54) is 22.8 Å². The summed E-state index contributed by atoms with van der Waals surface area (Å²) in [6.07, 6.45) is 2.05. The Morgan fingerprint density at radius 3 is 3.00 bits per heavy atom. The first kappa shape index (κ1) is 13.6. The highest BCUT2D eigenvalue weighted by Crippen LogP contribution is 2.42. The number of aromatic nitrogens is 3. The highest BCUT2D eigenvalue weighted by molar-refractivity contribution is 5.49. The number of benzene rings is 1. The van der Waals surface area contributed by atoms with Crippen molar-refractivity contribution in [1.29, 1.82) is 0 Å². The van der Waals surface area contributed by atoms with Crippen LogP contribution in [0.15, 0.2) is 42.6 Å². The predicted octanol–water partition coefficient (Wildman–Crippen LogP) is 2.74. The molecule has 0 unspecified atom stereocenters. The molecule has 1 fully saturated rings. The van der Waals surface area contributed by atoms with Crippen molar-refractivity contribution >= 4 is 17.3 Å². The molecule has 1 saturated carbocycles. The number of hydrogen-bond donors (Lipinski definition) is 1. The zero-order valence-corrected chi connectivity index (χ0v) is 11.9. The van der Waals surface area contributed by atoms with Crippen LogP contribution in [0.2, 0.25) is 0 Å².